The van der Waals surface area contributed by atoms with Gasteiger partial charge in [0.2, 0.25) is 5.91 Å². The minimum absolute atomic E-state index is 0.150. The van der Waals surface area contributed by atoms with Gasteiger partial charge in [-0.25, -0.2) is 0 Å². The molecule has 2 aliphatic rings. The van der Waals surface area contributed by atoms with E-state index in [1.807, 2.05) is 4.90 Å². The van der Waals surface area contributed by atoms with Crippen LogP contribution in [0.5, 0.6) is 0 Å². The fourth-order valence-corrected chi connectivity index (χ4v) is 3.96. The number of likely N-dealkylation sites (tertiary alicyclic amines) is 2. The van der Waals surface area contributed by atoms with Crippen molar-refractivity contribution in [2.45, 2.75) is 38.7 Å². The molecule has 2 aliphatic heterocycles. The summed E-state index contributed by atoms with van der Waals surface area (Å²) in [6, 6.07) is 8.51. The molecule has 0 aliphatic carbocycles. The zero-order valence-corrected chi connectivity index (χ0v) is 14.9. The highest BCUT2D eigenvalue weighted by Gasteiger charge is 2.34. The highest BCUT2D eigenvalue weighted by atomic mass is 16.3. The van der Waals surface area contributed by atoms with Gasteiger partial charge in [-0.15, -0.1) is 0 Å². The van der Waals surface area contributed by atoms with Gasteiger partial charge in [-0.05, 0) is 58.3 Å². The molecule has 0 unspecified atom stereocenters. The third kappa shape index (κ3) is 4.17. The largest absolute Gasteiger partial charge is 0.393 e. The van der Waals surface area contributed by atoms with E-state index in [1.54, 1.807) is 0 Å². The van der Waals surface area contributed by atoms with Crippen molar-refractivity contribution in [3.05, 3.63) is 35.4 Å². The normalized spacial score (nSPS) is 26.5. The summed E-state index contributed by atoms with van der Waals surface area (Å²) in [4.78, 5) is 17.1. The van der Waals surface area contributed by atoms with E-state index in [0.29, 0.717) is 25.4 Å². The van der Waals surface area contributed by atoms with Crippen LogP contribution in [0, 0.1) is 18.8 Å². The number of aliphatic hydroxyl groups excluding tert-OH is 1. The number of piperidine rings is 2. The van der Waals surface area contributed by atoms with Crippen molar-refractivity contribution in [3.63, 3.8) is 0 Å². The first-order chi connectivity index (χ1) is 11.5. The van der Waals surface area contributed by atoms with Gasteiger partial charge >= 0.3 is 0 Å². The summed E-state index contributed by atoms with van der Waals surface area (Å²) >= 11 is 0. The van der Waals surface area contributed by atoms with E-state index < -0.39 is 0 Å². The molecule has 0 spiro atoms. The summed E-state index contributed by atoms with van der Waals surface area (Å²) in [6.07, 6.45) is 3.19. The minimum Gasteiger partial charge on any atom is -0.393 e. The monoisotopic (exact) mass is 330 g/mol. The van der Waals surface area contributed by atoms with Crippen LogP contribution >= 0.6 is 0 Å². The fourth-order valence-electron chi connectivity index (χ4n) is 3.96. The maximum absolute atomic E-state index is 12.8. The van der Waals surface area contributed by atoms with Gasteiger partial charge in [-0.2, -0.15) is 0 Å². The molecule has 1 aromatic carbocycles. The Balaban J connectivity index is 1.60. The molecule has 2 fully saturated rings. The smallest absolute Gasteiger partial charge is 0.225 e. The van der Waals surface area contributed by atoms with Crippen molar-refractivity contribution in [2.24, 2.45) is 11.8 Å². The van der Waals surface area contributed by atoms with Crippen LogP contribution in [0.25, 0.3) is 0 Å². The lowest BCUT2D eigenvalue weighted by molar-refractivity contribution is -0.140. The first-order valence-electron chi connectivity index (χ1n) is 9.24. The Morgan fingerprint density at radius 3 is 2.46 bits per heavy atom. The van der Waals surface area contributed by atoms with Gasteiger partial charge in [-0.3, -0.25) is 4.79 Å². The number of nitrogens with zero attached hydrogens (tertiary/aromatic N) is 2. The van der Waals surface area contributed by atoms with E-state index in [2.05, 4.69) is 43.1 Å². The van der Waals surface area contributed by atoms with E-state index in [1.165, 1.54) is 11.1 Å². The van der Waals surface area contributed by atoms with Gasteiger partial charge in [0.05, 0.1) is 6.10 Å². The zero-order chi connectivity index (χ0) is 17.1. The average molecular weight is 330 g/mol. The standard InChI is InChI=1S/C20H30N2O2/c1-15-3-5-16(6-4-15)13-18-14-22(12-9-19(18)23)20(24)17-7-10-21(2)11-8-17/h3-6,17-19,23H,7-14H2,1-2H3/t18-,19-/m1/s1. The second-order valence-corrected chi connectivity index (χ2v) is 7.67. The summed E-state index contributed by atoms with van der Waals surface area (Å²) in [5.74, 6) is 0.636. The van der Waals surface area contributed by atoms with E-state index in [4.69, 9.17) is 0 Å². The molecule has 132 valence electrons. The van der Waals surface area contributed by atoms with Crippen LogP contribution in [0.2, 0.25) is 0 Å². The molecule has 1 amide bonds. The van der Waals surface area contributed by atoms with Crippen LogP contribution in [0.4, 0.5) is 0 Å². The predicted molar refractivity (Wildman–Crippen MR) is 95.8 cm³/mol. The maximum Gasteiger partial charge on any atom is 0.225 e. The van der Waals surface area contributed by atoms with Crippen LogP contribution in [0.15, 0.2) is 24.3 Å². The third-order valence-electron chi connectivity index (χ3n) is 5.69. The van der Waals surface area contributed by atoms with Crippen molar-refractivity contribution in [2.75, 3.05) is 33.2 Å². The summed E-state index contributed by atoms with van der Waals surface area (Å²) in [7, 11) is 2.12. The maximum atomic E-state index is 12.8. The molecule has 0 bridgehead atoms. The molecule has 1 aromatic rings. The average Bonchev–Trinajstić information content (AvgIpc) is 2.59. The molecule has 2 heterocycles. The molecule has 1 N–H and O–H groups in total. The van der Waals surface area contributed by atoms with Gasteiger partial charge in [0.25, 0.3) is 0 Å². The number of amides is 1. The molecule has 0 radical (unpaired) electrons. The number of carbonyl (C=O) groups is 1. The van der Waals surface area contributed by atoms with E-state index >= 15 is 0 Å². The summed E-state index contributed by atoms with van der Waals surface area (Å²) in [6.45, 7) is 5.51. The van der Waals surface area contributed by atoms with Gasteiger partial charge in [0.1, 0.15) is 0 Å². The van der Waals surface area contributed by atoms with E-state index in [0.717, 1.165) is 32.4 Å². The van der Waals surface area contributed by atoms with Crippen LogP contribution in [-0.2, 0) is 11.2 Å². The summed E-state index contributed by atoms with van der Waals surface area (Å²) < 4.78 is 0. The van der Waals surface area contributed by atoms with Crippen molar-refractivity contribution < 1.29 is 9.90 Å². The fraction of sp³-hybridized carbons (Fsp3) is 0.650. The molecular weight excluding hydrogens is 300 g/mol. The molecule has 2 atom stereocenters. The molecule has 0 saturated carbocycles. The summed E-state index contributed by atoms with van der Waals surface area (Å²) in [5.41, 5.74) is 2.50. The van der Waals surface area contributed by atoms with Crippen LogP contribution in [0.1, 0.15) is 30.4 Å². The number of hydrogen-bond acceptors (Lipinski definition) is 3. The number of carbonyl (C=O) groups excluding carboxylic acids is 1. The Kier molecular flexibility index (Phi) is 5.57. The number of benzene rings is 1. The SMILES string of the molecule is Cc1ccc(C[C@@H]2CN(C(=O)C3CCN(C)CC3)CC[C@H]2O)cc1. The lowest BCUT2D eigenvalue weighted by atomic mass is 9.87. The van der Waals surface area contributed by atoms with Gasteiger partial charge in [0.15, 0.2) is 0 Å². The summed E-state index contributed by atoms with van der Waals surface area (Å²) in [5, 5.41) is 10.4. The van der Waals surface area contributed by atoms with Crippen molar-refractivity contribution >= 4 is 5.91 Å². The number of aryl methyl sites for hydroxylation is 1. The molecule has 4 heteroatoms. The quantitative estimate of drug-likeness (QED) is 0.923. The van der Waals surface area contributed by atoms with Crippen molar-refractivity contribution in [1.82, 2.24) is 9.80 Å². The predicted octanol–water partition coefficient (Wildman–Crippen LogP) is 2.09. The van der Waals surface area contributed by atoms with Crippen molar-refractivity contribution in [1.29, 1.82) is 0 Å². The first kappa shape index (κ1) is 17.4. The Bertz CT molecular complexity index is 549. The highest BCUT2D eigenvalue weighted by Crippen LogP contribution is 2.25. The van der Waals surface area contributed by atoms with Crippen LogP contribution < -0.4 is 0 Å². The first-order valence-corrected chi connectivity index (χ1v) is 9.24. The van der Waals surface area contributed by atoms with Gasteiger partial charge < -0.3 is 14.9 Å². The lowest BCUT2D eigenvalue weighted by Crippen LogP contribution is -2.50. The number of hydrogen-bond donors (Lipinski definition) is 1. The van der Waals surface area contributed by atoms with Gasteiger partial charge in [0, 0.05) is 24.9 Å². The van der Waals surface area contributed by atoms with Crippen LogP contribution in [0.3, 0.4) is 0 Å². The molecular formula is C20H30N2O2. The molecule has 24 heavy (non-hydrogen) atoms. The van der Waals surface area contributed by atoms with Crippen molar-refractivity contribution in [3.8, 4) is 0 Å². The molecule has 3 rings (SSSR count). The van der Waals surface area contributed by atoms with Gasteiger partial charge in [-0.1, -0.05) is 29.8 Å². The Morgan fingerprint density at radius 2 is 1.79 bits per heavy atom. The zero-order valence-electron chi connectivity index (χ0n) is 14.9. The highest BCUT2D eigenvalue weighted by molar-refractivity contribution is 5.79. The topological polar surface area (TPSA) is 43.8 Å². The molecule has 4 nitrogen and oxygen atoms in total. The molecule has 0 aromatic heterocycles. The van der Waals surface area contributed by atoms with E-state index in [9.17, 15) is 9.90 Å². The number of rotatable bonds is 3. The van der Waals surface area contributed by atoms with E-state index in [-0.39, 0.29) is 17.9 Å². The molecule has 2 saturated heterocycles. The second-order valence-electron chi connectivity index (χ2n) is 7.67. The third-order valence-corrected chi connectivity index (χ3v) is 5.69. The Morgan fingerprint density at radius 1 is 1.12 bits per heavy atom. The van der Waals surface area contributed by atoms with Crippen LogP contribution in [-0.4, -0.2) is 60.1 Å². The Hall–Kier alpha value is -1.39. The minimum atomic E-state index is -0.298. The second kappa shape index (κ2) is 7.66. The number of aliphatic hydroxyl groups is 1. The Labute approximate surface area is 145 Å². The lowest BCUT2D eigenvalue weighted by Gasteiger charge is -2.39.